The second kappa shape index (κ2) is 8.82. The molecule has 2 heterocycles. The fraction of sp³-hybridized carbons (Fsp3) is 0.478. The number of rotatable bonds is 7. The predicted molar refractivity (Wildman–Crippen MR) is 117 cm³/mol. The monoisotopic (exact) mass is 393 g/mol. The van der Waals surface area contributed by atoms with Gasteiger partial charge in [-0.05, 0) is 56.7 Å². The highest BCUT2D eigenvalue weighted by molar-refractivity contribution is 5.85. The van der Waals surface area contributed by atoms with Crippen LogP contribution in [0, 0.1) is 5.92 Å². The Kier molecular flexibility index (Phi) is 6.00. The van der Waals surface area contributed by atoms with Gasteiger partial charge in [-0.1, -0.05) is 25.5 Å². The number of hydrogen-bond acceptors (Lipinski definition) is 5. The van der Waals surface area contributed by atoms with Crippen LogP contribution in [0.1, 0.15) is 57.2 Å². The summed E-state index contributed by atoms with van der Waals surface area (Å²) in [5.74, 6) is 3.51. The number of nitrogens with two attached hydrogens (primary N) is 2. The Labute approximate surface area is 172 Å². The Morgan fingerprint density at radius 3 is 2.79 bits per heavy atom. The van der Waals surface area contributed by atoms with Crippen molar-refractivity contribution in [3.63, 3.8) is 0 Å². The number of imidazole rings is 1. The molecule has 0 spiro atoms. The van der Waals surface area contributed by atoms with Crippen LogP contribution in [0.25, 0.3) is 16.8 Å². The summed E-state index contributed by atoms with van der Waals surface area (Å²) in [6.07, 6.45) is 10.4. The van der Waals surface area contributed by atoms with Crippen molar-refractivity contribution in [2.45, 2.75) is 51.4 Å². The van der Waals surface area contributed by atoms with Crippen LogP contribution in [0.2, 0.25) is 0 Å². The van der Waals surface area contributed by atoms with Gasteiger partial charge in [0.15, 0.2) is 0 Å². The highest BCUT2D eigenvalue weighted by atomic mass is 16.5. The van der Waals surface area contributed by atoms with Crippen molar-refractivity contribution < 1.29 is 4.74 Å². The average molecular weight is 394 g/mol. The Morgan fingerprint density at radius 2 is 2.03 bits per heavy atom. The van der Waals surface area contributed by atoms with Crippen LogP contribution in [0.3, 0.4) is 0 Å². The first-order valence-corrected chi connectivity index (χ1v) is 10.8. The molecule has 0 unspecified atom stereocenters. The lowest BCUT2D eigenvalue weighted by Gasteiger charge is -2.26. The first kappa shape index (κ1) is 19.7. The highest BCUT2D eigenvalue weighted by Gasteiger charge is 2.27. The summed E-state index contributed by atoms with van der Waals surface area (Å²) in [4.78, 5) is 9.42. The number of aromatic nitrogens is 3. The van der Waals surface area contributed by atoms with Gasteiger partial charge in [0, 0.05) is 23.9 Å². The molecule has 0 saturated heterocycles. The number of nitrogens with zero attached hydrogens (tertiary/aromatic N) is 3. The fourth-order valence-electron chi connectivity index (χ4n) is 4.30. The van der Waals surface area contributed by atoms with Gasteiger partial charge in [0.1, 0.15) is 28.6 Å². The molecule has 2 aromatic heterocycles. The van der Waals surface area contributed by atoms with Crippen molar-refractivity contribution in [2.24, 2.45) is 11.7 Å². The molecule has 4 N–H and O–H groups in total. The molecule has 6 heteroatoms. The molecule has 1 aromatic carbocycles. The van der Waals surface area contributed by atoms with Crippen LogP contribution in [-0.4, -0.2) is 27.5 Å². The zero-order chi connectivity index (χ0) is 20.2. The number of ether oxygens (including phenoxy) is 1. The van der Waals surface area contributed by atoms with E-state index in [0.29, 0.717) is 17.7 Å². The van der Waals surface area contributed by atoms with Gasteiger partial charge in [-0.15, -0.1) is 0 Å². The van der Waals surface area contributed by atoms with Crippen LogP contribution in [0.15, 0.2) is 36.7 Å². The maximum Gasteiger partial charge on any atom is 0.150 e. The van der Waals surface area contributed by atoms with E-state index in [4.69, 9.17) is 21.2 Å². The third-order valence-corrected chi connectivity index (χ3v) is 6.03. The van der Waals surface area contributed by atoms with Crippen LogP contribution in [-0.2, 0) is 0 Å². The van der Waals surface area contributed by atoms with Crippen LogP contribution < -0.4 is 16.2 Å². The first-order chi connectivity index (χ1) is 14.2. The number of benzene rings is 1. The van der Waals surface area contributed by atoms with Gasteiger partial charge < -0.3 is 16.2 Å². The summed E-state index contributed by atoms with van der Waals surface area (Å²) in [5.41, 5.74) is 15.0. The minimum atomic E-state index is 0.421. The summed E-state index contributed by atoms with van der Waals surface area (Å²) in [5, 5.41) is 0. The molecule has 6 nitrogen and oxygen atoms in total. The Hall–Kier alpha value is -2.60. The van der Waals surface area contributed by atoms with Crippen molar-refractivity contribution in [3.8, 4) is 17.0 Å². The molecule has 0 amide bonds. The van der Waals surface area contributed by atoms with Gasteiger partial charge in [0.05, 0.1) is 6.61 Å². The van der Waals surface area contributed by atoms with Crippen LogP contribution >= 0.6 is 0 Å². The molecule has 1 fully saturated rings. The molecule has 0 radical (unpaired) electrons. The minimum Gasteiger partial charge on any atom is -0.494 e. The second-order valence-corrected chi connectivity index (χ2v) is 8.03. The van der Waals surface area contributed by atoms with E-state index < -0.39 is 0 Å². The van der Waals surface area contributed by atoms with Crippen LogP contribution in [0.4, 0.5) is 5.82 Å². The Bertz CT molecular complexity index is 959. The molecule has 1 aliphatic rings. The molecule has 0 atom stereocenters. The number of fused-ring (bicyclic) bond motifs is 1. The smallest absolute Gasteiger partial charge is 0.150 e. The molecule has 3 aromatic rings. The van der Waals surface area contributed by atoms with Crippen molar-refractivity contribution in [1.29, 1.82) is 0 Å². The fourth-order valence-corrected chi connectivity index (χ4v) is 4.30. The molecular weight excluding hydrogens is 362 g/mol. The van der Waals surface area contributed by atoms with Gasteiger partial charge in [-0.25, -0.2) is 9.97 Å². The molecule has 154 valence electrons. The molecular formula is C23H31N5O. The van der Waals surface area contributed by atoms with E-state index in [1.807, 2.05) is 18.3 Å². The molecule has 0 aliphatic heterocycles. The van der Waals surface area contributed by atoms with E-state index >= 15 is 0 Å². The zero-order valence-electron chi connectivity index (χ0n) is 17.2. The maximum atomic E-state index is 6.30. The summed E-state index contributed by atoms with van der Waals surface area (Å²) in [6.45, 7) is 3.67. The van der Waals surface area contributed by atoms with Crippen molar-refractivity contribution in [1.82, 2.24) is 14.4 Å². The maximum absolute atomic E-state index is 6.30. The third kappa shape index (κ3) is 4.08. The van der Waals surface area contributed by atoms with Crippen LogP contribution in [0.5, 0.6) is 5.75 Å². The first-order valence-electron chi connectivity index (χ1n) is 10.8. The average Bonchev–Trinajstić information content (AvgIpc) is 3.15. The summed E-state index contributed by atoms with van der Waals surface area (Å²) in [6, 6.07) is 8.13. The van der Waals surface area contributed by atoms with Gasteiger partial charge in [-0.3, -0.25) is 4.40 Å². The molecule has 29 heavy (non-hydrogen) atoms. The predicted octanol–water partition coefficient (Wildman–Crippen LogP) is 4.39. The quantitative estimate of drug-likeness (QED) is 0.581. The summed E-state index contributed by atoms with van der Waals surface area (Å²) in [7, 11) is 0. The SMILES string of the molecule is CCCCOc1cccc(-c2nc(C3CCC(CN)CC3)n3ccnc(N)c23)c1. The van der Waals surface area contributed by atoms with E-state index in [9.17, 15) is 0 Å². The van der Waals surface area contributed by atoms with Gasteiger partial charge in [0.25, 0.3) is 0 Å². The number of unbranched alkanes of at least 4 members (excludes halogenated alkanes) is 1. The standard InChI is InChI=1S/C23H31N5O/c1-2-3-13-29-19-6-4-5-18(14-19)20-21-22(25)26-11-12-28(21)23(27-20)17-9-7-16(15-24)8-10-17/h4-6,11-12,14,16-17H,2-3,7-10,13,15,24H2,1H3,(H2,25,26). The summed E-state index contributed by atoms with van der Waals surface area (Å²) >= 11 is 0. The highest BCUT2D eigenvalue weighted by Crippen LogP contribution is 2.38. The van der Waals surface area contributed by atoms with Gasteiger partial charge >= 0.3 is 0 Å². The van der Waals surface area contributed by atoms with E-state index in [1.54, 1.807) is 6.20 Å². The van der Waals surface area contributed by atoms with Gasteiger partial charge in [0.2, 0.25) is 0 Å². The number of hydrogen-bond donors (Lipinski definition) is 2. The molecule has 4 rings (SSSR count). The van der Waals surface area contributed by atoms with E-state index in [0.717, 1.165) is 80.0 Å². The number of anilines is 1. The van der Waals surface area contributed by atoms with Crippen molar-refractivity contribution >= 4 is 11.3 Å². The molecule has 1 aliphatic carbocycles. The second-order valence-electron chi connectivity index (χ2n) is 8.03. The lowest BCUT2D eigenvalue weighted by atomic mass is 9.81. The van der Waals surface area contributed by atoms with Crippen molar-refractivity contribution in [3.05, 3.63) is 42.5 Å². The molecule has 1 saturated carbocycles. The normalized spacial score (nSPS) is 19.5. The molecule has 0 bridgehead atoms. The topological polar surface area (TPSA) is 91.5 Å². The van der Waals surface area contributed by atoms with E-state index in [2.05, 4.69) is 28.4 Å². The Balaban J connectivity index is 1.71. The number of nitrogen functional groups attached to an aromatic ring is 1. The largest absolute Gasteiger partial charge is 0.494 e. The Morgan fingerprint density at radius 1 is 1.21 bits per heavy atom. The zero-order valence-corrected chi connectivity index (χ0v) is 17.2. The minimum absolute atomic E-state index is 0.421. The van der Waals surface area contributed by atoms with E-state index in [1.165, 1.54) is 0 Å². The van der Waals surface area contributed by atoms with Gasteiger partial charge in [-0.2, -0.15) is 0 Å². The summed E-state index contributed by atoms with van der Waals surface area (Å²) < 4.78 is 8.04. The van der Waals surface area contributed by atoms with E-state index in [-0.39, 0.29) is 0 Å². The van der Waals surface area contributed by atoms with Crippen molar-refractivity contribution in [2.75, 3.05) is 18.9 Å². The lowest BCUT2D eigenvalue weighted by Crippen LogP contribution is -2.21. The third-order valence-electron chi connectivity index (χ3n) is 6.03. The lowest BCUT2D eigenvalue weighted by molar-refractivity contribution is 0.309.